The normalized spacial score (nSPS) is 32.8. The van der Waals surface area contributed by atoms with E-state index in [0.29, 0.717) is 42.7 Å². The van der Waals surface area contributed by atoms with Crippen LogP contribution in [0.3, 0.4) is 0 Å². The van der Waals surface area contributed by atoms with Crippen molar-refractivity contribution < 1.29 is 28.8 Å². The minimum atomic E-state index is -0.503. The van der Waals surface area contributed by atoms with Gasteiger partial charge in [0, 0.05) is 29.3 Å². The molecule has 3 saturated carbocycles. The molecule has 44 heavy (non-hydrogen) atoms. The molecule has 0 bridgehead atoms. The Balaban J connectivity index is 0.000000157. The number of carbonyl (C=O) groups is 3. The molecular weight excluding hydrogens is 558 g/mol. The van der Waals surface area contributed by atoms with Crippen LogP contribution in [0.2, 0.25) is 0 Å². The van der Waals surface area contributed by atoms with E-state index in [-0.39, 0.29) is 35.7 Å². The van der Waals surface area contributed by atoms with Crippen molar-refractivity contribution in [3.05, 3.63) is 56.7 Å². The summed E-state index contributed by atoms with van der Waals surface area (Å²) in [5.41, 5.74) is 5.20. The zero-order valence-electron chi connectivity index (χ0n) is 27.3. The number of Topliss-reactive ketones (excluding diaryl/α,β-unsaturated/α-hetero) is 1. The van der Waals surface area contributed by atoms with E-state index in [4.69, 9.17) is 9.47 Å². The molecule has 6 aliphatic rings. The highest BCUT2D eigenvalue weighted by Crippen LogP contribution is 2.60. The second kappa shape index (κ2) is 14.8. The third-order valence-corrected chi connectivity index (χ3v) is 10.7. The fraction of sp³-hybridized carbons (Fsp3) is 0.694. The first-order valence-corrected chi connectivity index (χ1v) is 16.8. The van der Waals surface area contributed by atoms with Gasteiger partial charge < -0.3 is 9.47 Å². The van der Waals surface area contributed by atoms with Crippen molar-refractivity contribution in [3.8, 4) is 0 Å². The monoisotopic (exact) mass is 609 g/mol. The summed E-state index contributed by atoms with van der Waals surface area (Å²) in [7, 11) is 0. The van der Waals surface area contributed by atoms with Gasteiger partial charge in [0.25, 0.3) is 0 Å². The lowest BCUT2D eigenvalue weighted by Crippen LogP contribution is -2.51. The maximum Gasteiger partial charge on any atom is 0.330 e. The summed E-state index contributed by atoms with van der Waals surface area (Å²) in [5, 5.41) is 10.9. The van der Waals surface area contributed by atoms with Gasteiger partial charge in [0.05, 0.1) is 25.0 Å². The van der Waals surface area contributed by atoms with Crippen molar-refractivity contribution in [2.24, 2.45) is 40.9 Å². The van der Waals surface area contributed by atoms with Crippen LogP contribution in [0.4, 0.5) is 0 Å². The molecule has 7 atom stereocenters. The molecule has 6 rings (SSSR count). The molecule has 0 spiro atoms. The molecule has 6 aliphatic carbocycles. The highest BCUT2D eigenvalue weighted by molar-refractivity contribution is 5.90. The van der Waals surface area contributed by atoms with Gasteiger partial charge in [-0.15, -0.1) is 0 Å². The van der Waals surface area contributed by atoms with E-state index in [1.165, 1.54) is 29.6 Å². The number of hydrogen-bond acceptors (Lipinski definition) is 7. The molecule has 8 nitrogen and oxygen atoms in total. The number of nitrogens with zero attached hydrogens (tertiary/aromatic N) is 1. The summed E-state index contributed by atoms with van der Waals surface area (Å²) >= 11 is 0. The number of fused-ring (bicyclic) bond motifs is 3. The zero-order chi connectivity index (χ0) is 32.0. The Morgan fingerprint density at radius 3 is 1.95 bits per heavy atom. The summed E-state index contributed by atoms with van der Waals surface area (Å²) in [5.74, 6) is 3.06. The molecule has 0 aromatic carbocycles. The maximum atomic E-state index is 11.7. The predicted octanol–water partition coefficient (Wildman–Crippen LogP) is 7.36. The smallest absolute Gasteiger partial charge is 0.330 e. The van der Waals surface area contributed by atoms with Crippen LogP contribution in [0, 0.1) is 51.0 Å². The van der Waals surface area contributed by atoms with Gasteiger partial charge in [-0.3, -0.25) is 19.7 Å². The quantitative estimate of drug-likeness (QED) is 0.0836. The first-order valence-electron chi connectivity index (χ1n) is 16.8. The Hall–Kier alpha value is -3.03. The summed E-state index contributed by atoms with van der Waals surface area (Å²) in [6.07, 6.45) is 18.1. The molecule has 0 aromatic heterocycles. The van der Waals surface area contributed by atoms with E-state index in [2.05, 4.69) is 39.0 Å². The van der Waals surface area contributed by atoms with E-state index in [0.717, 1.165) is 50.9 Å². The Labute approximate surface area is 262 Å². The van der Waals surface area contributed by atoms with Gasteiger partial charge in [-0.2, -0.15) is 0 Å². The number of nitro groups is 1. The molecule has 0 aliphatic heterocycles. The van der Waals surface area contributed by atoms with Gasteiger partial charge >= 0.3 is 11.9 Å². The number of carbonyl (C=O) groups excluding carboxylic acids is 3. The van der Waals surface area contributed by atoms with Crippen LogP contribution in [-0.4, -0.2) is 42.4 Å². The van der Waals surface area contributed by atoms with Crippen LogP contribution in [0.15, 0.2) is 46.6 Å². The molecule has 0 N–H and O–H groups in total. The van der Waals surface area contributed by atoms with Crippen molar-refractivity contribution >= 4 is 17.7 Å². The fourth-order valence-corrected chi connectivity index (χ4v) is 8.26. The highest BCUT2D eigenvalue weighted by atomic mass is 16.6. The Morgan fingerprint density at radius 1 is 0.841 bits per heavy atom. The van der Waals surface area contributed by atoms with Crippen LogP contribution in [0.1, 0.15) is 98.8 Å². The van der Waals surface area contributed by atoms with Crippen molar-refractivity contribution in [2.75, 3.05) is 19.8 Å². The van der Waals surface area contributed by atoms with Gasteiger partial charge in [-0.05, 0) is 88.9 Å². The summed E-state index contributed by atoms with van der Waals surface area (Å²) < 4.78 is 9.89. The minimum Gasteiger partial charge on any atom is -0.466 e. The third kappa shape index (κ3) is 7.60. The van der Waals surface area contributed by atoms with Gasteiger partial charge in [0.15, 0.2) is 0 Å². The van der Waals surface area contributed by atoms with E-state index in [1.807, 2.05) is 6.92 Å². The second-order valence-electron chi connectivity index (χ2n) is 13.4. The average molecular weight is 610 g/mol. The Kier molecular flexibility index (Phi) is 11.4. The van der Waals surface area contributed by atoms with E-state index >= 15 is 0 Å². The van der Waals surface area contributed by atoms with Crippen LogP contribution in [0.5, 0.6) is 0 Å². The van der Waals surface area contributed by atoms with Gasteiger partial charge in [0.2, 0.25) is 6.54 Å². The summed E-state index contributed by atoms with van der Waals surface area (Å²) in [6.45, 7) is 10.7. The van der Waals surface area contributed by atoms with E-state index in [1.54, 1.807) is 18.6 Å². The molecule has 0 unspecified atom stereocenters. The molecule has 0 saturated heterocycles. The fourth-order valence-electron chi connectivity index (χ4n) is 8.26. The van der Waals surface area contributed by atoms with E-state index < -0.39 is 5.41 Å². The number of ether oxygens (including phenoxy) is 2. The SMILES string of the molecule is CCC1=C[C@H]2C(=O)C[C@H]2C1.CCOC(=O)C=C1C[C@H]2CC(CC)=C[C@@H]12.CCOC(=O)C[C@@]1(C[N+](=O)[O-])C[C@H]2CC(CC)=C[C@H]21. The number of ketones is 1. The molecule has 242 valence electrons. The van der Waals surface area contributed by atoms with Gasteiger partial charge in [0.1, 0.15) is 5.78 Å². The number of esters is 2. The van der Waals surface area contributed by atoms with Crippen molar-refractivity contribution in [2.45, 2.75) is 98.8 Å². The van der Waals surface area contributed by atoms with Crippen molar-refractivity contribution in [1.29, 1.82) is 0 Å². The van der Waals surface area contributed by atoms with Crippen LogP contribution < -0.4 is 0 Å². The molecule has 3 fully saturated rings. The Bertz CT molecular complexity index is 1240. The molecule has 0 aromatic rings. The van der Waals surface area contributed by atoms with Gasteiger partial charge in [-0.25, -0.2) is 4.79 Å². The molecular formula is C36H51NO7. The highest BCUT2D eigenvalue weighted by Gasteiger charge is 2.58. The van der Waals surface area contributed by atoms with E-state index in [9.17, 15) is 24.5 Å². The number of allylic oxidation sites excluding steroid dienone is 7. The standard InChI is InChI=1S/C14H21NO4.C13H18O2.C9H12O/c1-3-10-5-11-7-14(9-15(17)18,12(11)6-10)8-13(16)19-4-2;1-3-9-5-10-7-11(12(10)6-9)8-13(14)15-4-2;1-2-6-3-7-5-9(10)8(7)4-6/h6,11-12H,3-5,7-9H2,1-2H3;6,8,10,12H,3-5,7H2,1-2H3;4,7-8H,2-3,5H2,1H3/t11-,12-,14-;10-,12-;7-,8-/m111/s1. The molecule has 8 heteroatoms. The van der Waals surface area contributed by atoms with Crippen LogP contribution in [0.25, 0.3) is 0 Å². The largest absolute Gasteiger partial charge is 0.466 e. The first kappa shape index (κ1) is 33.9. The average Bonchev–Trinajstić information content (AvgIpc) is 3.62. The van der Waals surface area contributed by atoms with Gasteiger partial charge in [-0.1, -0.05) is 61.3 Å². The maximum absolute atomic E-state index is 11.7. The lowest BCUT2D eigenvalue weighted by Gasteiger charge is -2.49. The van der Waals surface area contributed by atoms with Crippen molar-refractivity contribution in [3.63, 3.8) is 0 Å². The third-order valence-electron chi connectivity index (χ3n) is 10.7. The summed E-state index contributed by atoms with van der Waals surface area (Å²) in [4.78, 5) is 44.5. The zero-order valence-corrected chi connectivity index (χ0v) is 27.3. The molecule has 0 radical (unpaired) electrons. The summed E-state index contributed by atoms with van der Waals surface area (Å²) in [6, 6.07) is 0. The number of hydrogen-bond donors (Lipinski definition) is 0. The topological polar surface area (TPSA) is 113 Å². The minimum absolute atomic E-state index is 0.125. The number of rotatable bonds is 10. The molecule has 0 heterocycles. The lowest BCUT2D eigenvalue weighted by atomic mass is 9.53. The lowest BCUT2D eigenvalue weighted by molar-refractivity contribution is -0.505. The van der Waals surface area contributed by atoms with Crippen LogP contribution in [-0.2, 0) is 23.9 Å². The second-order valence-corrected chi connectivity index (χ2v) is 13.4. The molecule has 0 amide bonds. The van der Waals surface area contributed by atoms with Crippen LogP contribution >= 0.6 is 0 Å². The predicted molar refractivity (Wildman–Crippen MR) is 169 cm³/mol. The van der Waals surface area contributed by atoms with Crippen molar-refractivity contribution in [1.82, 2.24) is 0 Å². The Morgan fingerprint density at radius 2 is 1.41 bits per heavy atom. The first-order chi connectivity index (χ1) is 21.1.